The second-order valence-corrected chi connectivity index (χ2v) is 6.63. The van der Waals surface area contributed by atoms with E-state index in [9.17, 15) is 5.11 Å². The number of aliphatic hydroxyl groups is 1. The summed E-state index contributed by atoms with van der Waals surface area (Å²) in [6, 6.07) is 4.70. The van der Waals surface area contributed by atoms with Crippen LogP contribution in [0.25, 0.3) is 0 Å². The maximum absolute atomic E-state index is 9.31. The summed E-state index contributed by atoms with van der Waals surface area (Å²) in [5, 5.41) is 9.31. The third-order valence-corrected chi connectivity index (χ3v) is 4.31. The zero-order chi connectivity index (χ0) is 15.1. The normalized spacial score (nSPS) is 21.2. The summed E-state index contributed by atoms with van der Waals surface area (Å²) >= 11 is 0. The Balaban J connectivity index is 1.75. The van der Waals surface area contributed by atoms with E-state index in [2.05, 4.69) is 52.7 Å². The lowest BCUT2D eigenvalue weighted by atomic mass is 10.1. The van der Waals surface area contributed by atoms with Gasteiger partial charge in [0, 0.05) is 57.8 Å². The molecule has 1 atom stereocenters. The van der Waals surface area contributed by atoms with E-state index < -0.39 is 0 Å². The Morgan fingerprint density at radius 3 is 2.57 bits per heavy atom. The van der Waals surface area contributed by atoms with E-state index in [1.165, 1.54) is 13.0 Å². The molecule has 1 unspecified atom stereocenters. The van der Waals surface area contributed by atoms with E-state index in [1.807, 2.05) is 0 Å². The van der Waals surface area contributed by atoms with Crippen molar-refractivity contribution in [2.75, 3.05) is 39.3 Å². The molecule has 1 saturated heterocycles. The summed E-state index contributed by atoms with van der Waals surface area (Å²) in [5.41, 5.74) is 0. The lowest BCUT2D eigenvalue weighted by Gasteiger charge is -2.42. The molecule has 0 bridgehead atoms. The van der Waals surface area contributed by atoms with Crippen LogP contribution in [0, 0.1) is 5.92 Å². The molecule has 1 aromatic rings. The minimum absolute atomic E-state index is 0.302. The predicted octanol–water partition coefficient (Wildman–Crippen LogP) is 1.90. The van der Waals surface area contributed by atoms with Crippen LogP contribution in [0.5, 0.6) is 0 Å². The van der Waals surface area contributed by atoms with Gasteiger partial charge in [-0.1, -0.05) is 13.8 Å². The van der Waals surface area contributed by atoms with Crippen molar-refractivity contribution in [2.24, 2.45) is 5.92 Å². The van der Waals surface area contributed by atoms with Crippen molar-refractivity contribution in [2.45, 2.75) is 39.3 Å². The van der Waals surface area contributed by atoms with E-state index in [4.69, 9.17) is 0 Å². The van der Waals surface area contributed by atoms with E-state index in [0.29, 0.717) is 18.6 Å². The molecule has 4 heteroatoms. The van der Waals surface area contributed by atoms with Crippen LogP contribution in [0.15, 0.2) is 24.5 Å². The molecule has 0 aliphatic carbocycles. The van der Waals surface area contributed by atoms with Gasteiger partial charge in [0.1, 0.15) is 0 Å². The fraction of sp³-hybridized carbons (Fsp3) is 0.765. The maximum Gasteiger partial charge on any atom is 0.0446 e. The Hall–Kier alpha value is -0.840. The van der Waals surface area contributed by atoms with Crippen molar-refractivity contribution in [1.29, 1.82) is 0 Å². The van der Waals surface area contributed by atoms with E-state index in [-0.39, 0.29) is 0 Å². The lowest BCUT2D eigenvalue weighted by molar-refractivity contribution is 0.0503. The Morgan fingerprint density at radius 2 is 1.90 bits per heavy atom. The van der Waals surface area contributed by atoms with Crippen LogP contribution >= 0.6 is 0 Å². The Bertz CT molecular complexity index is 377. The number of hydrogen-bond acceptors (Lipinski definition) is 3. The molecule has 120 valence electrons. The van der Waals surface area contributed by atoms with Gasteiger partial charge in [-0.25, -0.2) is 0 Å². The summed E-state index contributed by atoms with van der Waals surface area (Å²) in [7, 11) is 0. The molecule has 1 aliphatic heterocycles. The molecular weight excluding hydrogens is 262 g/mol. The number of piperazine rings is 1. The van der Waals surface area contributed by atoms with Gasteiger partial charge in [-0.3, -0.25) is 4.90 Å². The number of nitrogens with zero attached hydrogens (tertiary/aromatic N) is 3. The van der Waals surface area contributed by atoms with Crippen molar-refractivity contribution < 1.29 is 5.11 Å². The molecule has 1 aliphatic rings. The molecule has 0 spiro atoms. The van der Waals surface area contributed by atoms with Gasteiger partial charge in [-0.15, -0.1) is 0 Å². The third-order valence-electron chi connectivity index (χ3n) is 4.31. The van der Waals surface area contributed by atoms with Gasteiger partial charge in [0.25, 0.3) is 0 Å². The molecule has 0 amide bonds. The third kappa shape index (κ3) is 5.46. The van der Waals surface area contributed by atoms with Gasteiger partial charge < -0.3 is 14.6 Å². The van der Waals surface area contributed by atoms with Gasteiger partial charge >= 0.3 is 0 Å². The number of aryl methyl sites for hydroxylation is 1. The second kappa shape index (κ2) is 8.57. The summed E-state index contributed by atoms with van der Waals surface area (Å²) in [5.74, 6) is 0.700. The number of hydrogen-bond donors (Lipinski definition) is 1. The van der Waals surface area contributed by atoms with Gasteiger partial charge in [-0.05, 0) is 37.4 Å². The van der Waals surface area contributed by atoms with Gasteiger partial charge in [0.2, 0.25) is 0 Å². The number of aromatic nitrogens is 1. The molecule has 1 N–H and O–H groups in total. The Morgan fingerprint density at radius 1 is 1.14 bits per heavy atom. The minimum atomic E-state index is 0.302. The molecular formula is C17H31N3O. The van der Waals surface area contributed by atoms with Crippen LogP contribution in [-0.2, 0) is 6.54 Å². The highest BCUT2D eigenvalue weighted by atomic mass is 16.3. The van der Waals surface area contributed by atoms with Crippen molar-refractivity contribution in [1.82, 2.24) is 14.4 Å². The highest BCUT2D eigenvalue weighted by molar-refractivity contribution is 4.90. The molecule has 2 rings (SSSR count). The van der Waals surface area contributed by atoms with Gasteiger partial charge in [0.05, 0.1) is 0 Å². The zero-order valence-electron chi connectivity index (χ0n) is 13.6. The molecule has 0 radical (unpaired) electrons. The maximum atomic E-state index is 9.31. The average molecular weight is 293 g/mol. The van der Waals surface area contributed by atoms with Crippen molar-refractivity contribution >= 4 is 0 Å². The topological polar surface area (TPSA) is 31.6 Å². The molecule has 4 nitrogen and oxygen atoms in total. The smallest absolute Gasteiger partial charge is 0.0446 e. The Kier molecular flexibility index (Phi) is 6.74. The quantitative estimate of drug-likeness (QED) is 0.794. The summed E-state index contributed by atoms with van der Waals surface area (Å²) in [6.45, 7) is 11.7. The van der Waals surface area contributed by atoms with Crippen LogP contribution in [-0.4, -0.2) is 64.8 Å². The highest BCUT2D eigenvalue weighted by Gasteiger charge is 2.26. The van der Waals surface area contributed by atoms with Crippen molar-refractivity contribution in [3.8, 4) is 0 Å². The van der Waals surface area contributed by atoms with Crippen LogP contribution < -0.4 is 0 Å². The van der Waals surface area contributed by atoms with E-state index in [1.54, 1.807) is 0 Å². The number of aliphatic hydroxyl groups excluding tert-OH is 1. The monoisotopic (exact) mass is 293 g/mol. The molecule has 2 heterocycles. The predicted molar refractivity (Wildman–Crippen MR) is 87.4 cm³/mol. The summed E-state index contributed by atoms with van der Waals surface area (Å²) in [4.78, 5) is 5.14. The zero-order valence-corrected chi connectivity index (χ0v) is 13.6. The first-order chi connectivity index (χ1) is 10.2. The molecule has 0 saturated carbocycles. The first-order valence-electron chi connectivity index (χ1n) is 8.37. The van der Waals surface area contributed by atoms with Crippen molar-refractivity contribution in [3.05, 3.63) is 24.5 Å². The van der Waals surface area contributed by atoms with Crippen LogP contribution in [0.1, 0.15) is 26.7 Å². The number of rotatable bonds is 8. The lowest BCUT2D eigenvalue weighted by Crippen LogP contribution is -2.54. The fourth-order valence-electron chi connectivity index (χ4n) is 3.29. The van der Waals surface area contributed by atoms with Gasteiger partial charge in [-0.2, -0.15) is 0 Å². The first-order valence-corrected chi connectivity index (χ1v) is 8.37. The summed E-state index contributed by atoms with van der Waals surface area (Å²) < 4.78 is 2.25. The van der Waals surface area contributed by atoms with E-state index in [0.717, 1.165) is 39.1 Å². The average Bonchev–Trinajstić information content (AvgIpc) is 2.94. The SMILES string of the molecule is CC(C)CN1CCN(CCCn2cccc2)CC1CCO. The second-order valence-electron chi connectivity index (χ2n) is 6.63. The molecule has 1 fully saturated rings. The fourth-order valence-corrected chi connectivity index (χ4v) is 3.29. The van der Waals surface area contributed by atoms with Gasteiger partial charge in [0.15, 0.2) is 0 Å². The summed E-state index contributed by atoms with van der Waals surface area (Å²) in [6.07, 6.45) is 6.37. The molecule has 21 heavy (non-hydrogen) atoms. The van der Waals surface area contributed by atoms with E-state index >= 15 is 0 Å². The first kappa shape index (κ1) is 16.5. The van der Waals surface area contributed by atoms with Crippen LogP contribution in [0.3, 0.4) is 0 Å². The highest BCUT2D eigenvalue weighted by Crippen LogP contribution is 2.15. The standard InChI is InChI=1S/C17H31N3O/c1-16(2)14-20-12-11-19(15-17(20)6-13-21)10-5-9-18-7-3-4-8-18/h3-4,7-8,16-17,21H,5-6,9-15H2,1-2H3. The van der Waals surface area contributed by atoms with Crippen LogP contribution in [0.2, 0.25) is 0 Å². The molecule has 1 aromatic heterocycles. The molecule has 0 aromatic carbocycles. The Labute approximate surface area is 129 Å². The minimum Gasteiger partial charge on any atom is -0.396 e. The largest absolute Gasteiger partial charge is 0.396 e. The van der Waals surface area contributed by atoms with Crippen LogP contribution in [0.4, 0.5) is 0 Å². The van der Waals surface area contributed by atoms with Crippen molar-refractivity contribution in [3.63, 3.8) is 0 Å².